The summed E-state index contributed by atoms with van der Waals surface area (Å²) >= 11 is 0. The zero-order valence-corrected chi connectivity index (χ0v) is 24.9. The third-order valence-electron chi connectivity index (χ3n) is 7.59. The van der Waals surface area contributed by atoms with Gasteiger partial charge in [-0.15, -0.1) is 0 Å². The van der Waals surface area contributed by atoms with Crippen LogP contribution in [0.4, 0.5) is 20.6 Å². The van der Waals surface area contributed by atoms with Crippen molar-refractivity contribution in [2.75, 3.05) is 23.7 Å². The number of para-hydroxylation sites is 1. The molecule has 0 radical (unpaired) electrons. The van der Waals surface area contributed by atoms with Crippen molar-refractivity contribution in [2.45, 2.75) is 51.6 Å². The van der Waals surface area contributed by atoms with Gasteiger partial charge < -0.3 is 25.4 Å². The molecule has 0 aliphatic carbocycles. The average molecular weight is 583 g/mol. The third kappa shape index (κ3) is 8.11. The van der Waals surface area contributed by atoms with E-state index in [4.69, 9.17) is 9.47 Å². The second-order valence-corrected chi connectivity index (χ2v) is 11.9. The molecule has 0 bridgehead atoms. The molecule has 0 spiro atoms. The van der Waals surface area contributed by atoms with Gasteiger partial charge in [0.15, 0.2) is 0 Å². The van der Waals surface area contributed by atoms with E-state index in [0.717, 1.165) is 37.9 Å². The van der Waals surface area contributed by atoms with Crippen LogP contribution in [0.2, 0.25) is 0 Å². The molecule has 1 atom stereocenters. The second-order valence-electron chi connectivity index (χ2n) is 11.9. The first kappa shape index (κ1) is 30.0. The van der Waals surface area contributed by atoms with Gasteiger partial charge in [0.1, 0.15) is 29.1 Å². The number of rotatable bonds is 9. The fourth-order valence-corrected chi connectivity index (χ4v) is 5.33. The molecule has 1 aliphatic heterocycles. The van der Waals surface area contributed by atoms with E-state index in [2.05, 4.69) is 53.8 Å². The molecule has 224 valence electrons. The van der Waals surface area contributed by atoms with Crippen LogP contribution >= 0.6 is 0 Å². The Morgan fingerprint density at radius 2 is 1.67 bits per heavy atom. The minimum atomic E-state index is -0.619. The van der Waals surface area contributed by atoms with Gasteiger partial charge in [-0.3, -0.25) is 0 Å². The number of nitrogens with one attached hydrogen (secondary N) is 3. The summed E-state index contributed by atoms with van der Waals surface area (Å²) in [5.74, 6) is 1.09. The summed E-state index contributed by atoms with van der Waals surface area (Å²) in [6, 6.07) is 25.2. The van der Waals surface area contributed by atoms with E-state index in [9.17, 15) is 4.79 Å². The fourth-order valence-electron chi connectivity index (χ4n) is 5.33. The molecule has 2 amide bonds. The van der Waals surface area contributed by atoms with Crippen LogP contribution in [0, 0.1) is 11.7 Å². The van der Waals surface area contributed by atoms with Gasteiger partial charge in [-0.25, -0.2) is 14.2 Å². The van der Waals surface area contributed by atoms with Crippen LogP contribution in [0.3, 0.4) is 0 Å². The largest absolute Gasteiger partial charge is 0.490 e. The Bertz CT molecular complexity index is 1520. The van der Waals surface area contributed by atoms with Crippen molar-refractivity contribution in [3.8, 4) is 17.4 Å². The lowest BCUT2D eigenvalue weighted by Gasteiger charge is -2.31. The van der Waals surface area contributed by atoms with E-state index in [0.29, 0.717) is 23.1 Å². The van der Waals surface area contributed by atoms with Crippen molar-refractivity contribution in [1.82, 2.24) is 10.3 Å². The molecule has 1 fully saturated rings. The molecule has 1 aliphatic rings. The predicted octanol–water partition coefficient (Wildman–Crippen LogP) is 7.94. The molecule has 2 heterocycles. The number of aromatic nitrogens is 1. The first-order valence-electron chi connectivity index (χ1n) is 14.8. The van der Waals surface area contributed by atoms with Crippen LogP contribution in [0.25, 0.3) is 0 Å². The zero-order chi connectivity index (χ0) is 30.2. The summed E-state index contributed by atoms with van der Waals surface area (Å²) < 4.78 is 27.7. The van der Waals surface area contributed by atoms with E-state index >= 15 is 4.39 Å². The summed E-state index contributed by atoms with van der Waals surface area (Å²) in [6.45, 7) is 8.18. The van der Waals surface area contributed by atoms with Crippen molar-refractivity contribution in [3.05, 3.63) is 108 Å². The van der Waals surface area contributed by atoms with E-state index in [1.807, 2.05) is 42.5 Å². The predicted molar refractivity (Wildman–Crippen MR) is 169 cm³/mol. The maximum absolute atomic E-state index is 15.2. The van der Waals surface area contributed by atoms with Gasteiger partial charge in [0, 0.05) is 24.2 Å². The van der Waals surface area contributed by atoms with Gasteiger partial charge in [0.2, 0.25) is 5.88 Å². The molecule has 1 saturated heterocycles. The Labute approximate surface area is 252 Å². The normalized spacial score (nSPS) is 14.5. The third-order valence-corrected chi connectivity index (χ3v) is 7.59. The molecular weight excluding hydrogens is 543 g/mol. The Hall–Kier alpha value is -4.43. The van der Waals surface area contributed by atoms with Gasteiger partial charge in [-0.05, 0) is 73.2 Å². The molecule has 8 heteroatoms. The number of hydrogen-bond acceptors (Lipinski definition) is 5. The lowest BCUT2D eigenvalue weighted by Crippen LogP contribution is -2.38. The summed E-state index contributed by atoms with van der Waals surface area (Å²) in [4.78, 5) is 17.3. The maximum Gasteiger partial charge on any atom is 0.323 e. The highest BCUT2D eigenvalue weighted by Crippen LogP contribution is 2.35. The lowest BCUT2D eigenvalue weighted by atomic mass is 9.86. The SMILES string of the molecule is CC(C)(C)c1ccccc1Oc1ncccc1NC(=O)Nc1ccc(OC(Cc2ccccc2)C2CCNCC2)cc1F. The number of benzene rings is 3. The van der Waals surface area contributed by atoms with E-state index < -0.39 is 11.8 Å². The summed E-state index contributed by atoms with van der Waals surface area (Å²) in [5.41, 5.74) is 2.43. The highest BCUT2D eigenvalue weighted by molar-refractivity contribution is 6.00. The average Bonchev–Trinajstić information content (AvgIpc) is 3.00. The highest BCUT2D eigenvalue weighted by atomic mass is 19.1. The fraction of sp³-hybridized carbons (Fsp3) is 0.314. The molecule has 5 rings (SSSR count). The van der Waals surface area contributed by atoms with Gasteiger partial charge >= 0.3 is 6.03 Å². The van der Waals surface area contributed by atoms with Gasteiger partial charge in [-0.1, -0.05) is 69.3 Å². The maximum atomic E-state index is 15.2. The number of piperidine rings is 1. The Morgan fingerprint density at radius 3 is 2.42 bits per heavy atom. The molecule has 0 saturated carbocycles. The van der Waals surface area contributed by atoms with E-state index in [1.54, 1.807) is 24.4 Å². The van der Waals surface area contributed by atoms with Crippen molar-refractivity contribution >= 4 is 17.4 Å². The number of hydrogen-bond donors (Lipinski definition) is 3. The summed E-state index contributed by atoms with van der Waals surface area (Å²) in [5, 5.41) is 8.74. The van der Waals surface area contributed by atoms with Crippen LogP contribution in [0.15, 0.2) is 91.1 Å². The molecular formula is C35H39FN4O3. The first-order chi connectivity index (χ1) is 20.8. The smallest absolute Gasteiger partial charge is 0.323 e. The zero-order valence-electron chi connectivity index (χ0n) is 24.9. The Morgan fingerprint density at radius 1 is 0.953 bits per heavy atom. The van der Waals surface area contributed by atoms with Crippen molar-refractivity contribution in [1.29, 1.82) is 0 Å². The van der Waals surface area contributed by atoms with Crippen LogP contribution in [-0.4, -0.2) is 30.2 Å². The number of carbonyl (C=O) groups excluding carboxylic acids is 1. The van der Waals surface area contributed by atoms with E-state index in [-0.39, 0.29) is 23.1 Å². The minimum absolute atomic E-state index is 0.0377. The number of urea groups is 1. The van der Waals surface area contributed by atoms with Gasteiger partial charge in [0.05, 0.1) is 5.69 Å². The summed E-state index contributed by atoms with van der Waals surface area (Å²) in [7, 11) is 0. The van der Waals surface area contributed by atoms with Crippen molar-refractivity contribution < 1.29 is 18.7 Å². The lowest BCUT2D eigenvalue weighted by molar-refractivity contribution is 0.111. The molecule has 7 nitrogen and oxygen atoms in total. The van der Waals surface area contributed by atoms with Crippen LogP contribution < -0.4 is 25.4 Å². The minimum Gasteiger partial charge on any atom is -0.490 e. The van der Waals surface area contributed by atoms with Crippen molar-refractivity contribution in [3.63, 3.8) is 0 Å². The van der Waals surface area contributed by atoms with Crippen LogP contribution in [0.1, 0.15) is 44.7 Å². The van der Waals surface area contributed by atoms with Gasteiger partial charge in [0.25, 0.3) is 0 Å². The molecule has 1 unspecified atom stereocenters. The number of amides is 2. The van der Waals surface area contributed by atoms with Crippen LogP contribution in [-0.2, 0) is 11.8 Å². The number of nitrogens with zero attached hydrogens (tertiary/aromatic N) is 1. The van der Waals surface area contributed by atoms with Crippen molar-refractivity contribution in [2.24, 2.45) is 5.92 Å². The van der Waals surface area contributed by atoms with E-state index in [1.165, 1.54) is 17.7 Å². The second kappa shape index (κ2) is 13.7. The first-order valence-corrected chi connectivity index (χ1v) is 14.8. The molecule has 3 aromatic carbocycles. The number of carbonyl (C=O) groups is 1. The topological polar surface area (TPSA) is 84.5 Å². The Kier molecular flexibility index (Phi) is 9.57. The van der Waals surface area contributed by atoms with Gasteiger partial charge in [-0.2, -0.15) is 0 Å². The highest BCUT2D eigenvalue weighted by Gasteiger charge is 2.26. The monoisotopic (exact) mass is 582 g/mol. The molecule has 4 aromatic rings. The molecule has 43 heavy (non-hydrogen) atoms. The van der Waals surface area contributed by atoms with Crippen LogP contribution in [0.5, 0.6) is 17.4 Å². The summed E-state index contributed by atoms with van der Waals surface area (Å²) in [6.07, 6.45) is 4.25. The molecule has 1 aromatic heterocycles. The number of ether oxygens (including phenoxy) is 2. The number of pyridine rings is 1. The molecule has 3 N–H and O–H groups in total. The number of anilines is 2. The Balaban J connectivity index is 1.26. The standard InChI is InChI=1S/C35H39FN4O3/c1-35(2,3)27-12-7-8-14-31(27)43-33-30(13-9-19-38-33)40-34(41)39-29-16-15-26(23-28(29)36)42-32(25-17-20-37-21-18-25)22-24-10-5-4-6-11-24/h4-16,19,23,25,32,37H,17-18,20-22H2,1-3H3,(H2,39,40,41). The number of halogens is 1. The quantitative estimate of drug-likeness (QED) is 0.187.